The van der Waals surface area contributed by atoms with Crippen molar-refractivity contribution in [2.45, 2.75) is 44.6 Å². The third-order valence-electron chi connectivity index (χ3n) is 3.54. The lowest BCUT2D eigenvalue weighted by Gasteiger charge is -2.19. The van der Waals surface area contributed by atoms with Gasteiger partial charge in [-0.2, -0.15) is 26.3 Å². The topological polar surface area (TPSA) is 50.9 Å². The molecule has 0 saturated carbocycles. The van der Waals surface area contributed by atoms with E-state index < -0.39 is 29.0 Å². The van der Waals surface area contributed by atoms with Crippen molar-refractivity contribution < 1.29 is 26.3 Å². The second-order valence-corrected chi connectivity index (χ2v) is 7.99. The van der Waals surface area contributed by atoms with Crippen molar-refractivity contribution in [2.75, 3.05) is 5.32 Å². The maximum Gasteiger partial charge on any atom is 0.416 e. The van der Waals surface area contributed by atoms with E-state index in [2.05, 4.69) is 16.9 Å². The van der Waals surface area contributed by atoms with Gasteiger partial charge in [-0.3, -0.25) is 0 Å². The molecule has 0 fully saturated rings. The molecule has 1 aromatic carbocycles. The minimum Gasteiger partial charge on any atom is -0.336 e. The second kappa shape index (κ2) is 7.75. The molecular weight excluding hydrogens is 404 g/mol. The molecule has 0 atom stereocenters. The van der Waals surface area contributed by atoms with Crippen molar-refractivity contribution in [3.8, 4) is 0 Å². The average Bonchev–Trinajstić information content (AvgIpc) is 2.89. The number of anilines is 1. The average molecular weight is 423 g/mol. The Bertz CT molecular complexity index is 814. The fourth-order valence-electron chi connectivity index (χ4n) is 2.52. The highest BCUT2D eigenvalue weighted by atomic mass is 32.1. The summed E-state index contributed by atoms with van der Waals surface area (Å²) in [5.41, 5.74) is 3.54. The van der Waals surface area contributed by atoms with Gasteiger partial charge in [-0.05, 0) is 37.6 Å². The van der Waals surface area contributed by atoms with E-state index in [1.54, 1.807) is 5.38 Å². The smallest absolute Gasteiger partial charge is 0.336 e. The Kier molecular flexibility index (Phi) is 6.15. The van der Waals surface area contributed by atoms with Crippen molar-refractivity contribution in [3.63, 3.8) is 0 Å². The number of halogens is 6. The van der Waals surface area contributed by atoms with Gasteiger partial charge in [0.2, 0.25) is 0 Å². The summed E-state index contributed by atoms with van der Waals surface area (Å²) in [7, 11) is 0. The Morgan fingerprint density at radius 1 is 1.07 bits per heavy atom. The Morgan fingerprint density at radius 3 is 2.07 bits per heavy atom. The quantitative estimate of drug-likeness (QED) is 0.576. The molecule has 154 valence electrons. The zero-order valence-corrected chi connectivity index (χ0v) is 15.9. The molecule has 1 aromatic heterocycles. The van der Waals surface area contributed by atoms with Gasteiger partial charge in [0.15, 0.2) is 5.13 Å². The highest BCUT2D eigenvalue weighted by Crippen LogP contribution is 2.36. The van der Waals surface area contributed by atoms with E-state index >= 15 is 0 Å². The van der Waals surface area contributed by atoms with Crippen molar-refractivity contribution in [2.24, 2.45) is 5.73 Å². The minimum atomic E-state index is -4.88. The predicted octanol–water partition coefficient (Wildman–Crippen LogP) is 5.82. The summed E-state index contributed by atoms with van der Waals surface area (Å²) < 4.78 is 77.7. The summed E-state index contributed by atoms with van der Waals surface area (Å²) in [4.78, 5) is 4.20. The number of benzene rings is 1. The number of thiazole rings is 1. The maximum atomic E-state index is 12.9. The molecule has 3 N–H and O–H groups in total. The van der Waals surface area contributed by atoms with Crippen molar-refractivity contribution in [1.82, 2.24) is 4.98 Å². The number of nitrogens with two attached hydrogens (primary N) is 1. The predicted molar refractivity (Wildman–Crippen MR) is 97.0 cm³/mol. The van der Waals surface area contributed by atoms with Gasteiger partial charge in [-0.25, -0.2) is 4.98 Å². The van der Waals surface area contributed by atoms with E-state index in [0.29, 0.717) is 35.1 Å². The molecule has 0 aliphatic rings. The molecule has 0 radical (unpaired) electrons. The maximum absolute atomic E-state index is 12.9. The van der Waals surface area contributed by atoms with Crippen molar-refractivity contribution >= 4 is 16.5 Å². The summed E-state index contributed by atoms with van der Waals surface area (Å²) in [5, 5.41) is 4.95. The summed E-state index contributed by atoms with van der Waals surface area (Å²) in [5.74, 6) is 0. The number of aromatic nitrogens is 1. The van der Waals surface area contributed by atoms with E-state index in [1.165, 1.54) is 11.3 Å². The van der Waals surface area contributed by atoms with Crippen LogP contribution >= 0.6 is 11.3 Å². The van der Waals surface area contributed by atoms with Gasteiger partial charge in [0.25, 0.3) is 0 Å². The zero-order valence-electron chi connectivity index (χ0n) is 15.1. The molecule has 0 bridgehead atoms. The van der Waals surface area contributed by atoms with Crippen LogP contribution in [0.3, 0.4) is 0 Å². The molecule has 1 heterocycles. The molecule has 10 heteroatoms. The van der Waals surface area contributed by atoms with E-state index in [-0.39, 0.29) is 18.1 Å². The van der Waals surface area contributed by atoms with Crippen LogP contribution in [0.15, 0.2) is 35.9 Å². The van der Waals surface area contributed by atoms with Crippen LogP contribution in [-0.2, 0) is 18.8 Å². The van der Waals surface area contributed by atoms with Crippen LogP contribution in [0.25, 0.3) is 0 Å². The third kappa shape index (κ3) is 6.52. The van der Waals surface area contributed by atoms with Crippen molar-refractivity contribution in [3.05, 3.63) is 58.2 Å². The molecule has 2 rings (SSSR count). The summed E-state index contributed by atoms with van der Waals surface area (Å²) in [6.45, 7) is 7.47. The molecule has 0 aliphatic heterocycles. The number of hydrogen-bond acceptors (Lipinski definition) is 4. The lowest BCUT2D eigenvalue weighted by atomic mass is 10.0. The number of nitrogens with one attached hydrogen (secondary N) is 1. The highest BCUT2D eigenvalue weighted by molar-refractivity contribution is 7.13. The summed E-state index contributed by atoms with van der Waals surface area (Å²) in [6.07, 6.45) is -9.46. The first kappa shape index (κ1) is 22.2. The van der Waals surface area contributed by atoms with Crippen LogP contribution in [0.4, 0.5) is 31.5 Å². The Balaban J connectivity index is 2.22. The van der Waals surface area contributed by atoms with E-state index in [4.69, 9.17) is 5.73 Å². The first-order valence-electron chi connectivity index (χ1n) is 8.10. The fraction of sp³-hybridized carbons (Fsp3) is 0.389. The second-order valence-electron chi connectivity index (χ2n) is 7.13. The summed E-state index contributed by atoms with van der Waals surface area (Å²) >= 11 is 1.17. The zero-order chi connectivity index (χ0) is 21.3. The van der Waals surface area contributed by atoms with Crippen LogP contribution in [0.5, 0.6) is 0 Å². The van der Waals surface area contributed by atoms with Gasteiger partial charge in [0.1, 0.15) is 0 Å². The van der Waals surface area contributed by atoms with Gasteiger partial charge in [0, 0.05) is 29.5 Å². The lowest BCUT2D eigenvalue weighted by molar-refractivity contribution is -0.143. The van der Waals surface area contributed by atoms with Crippen LogP contribution in [0, 0.1) is 0 Å². The molecule has 0 amide bonds. The molecule has 0 saturated heterocycles. The molecule has 28 heavy (non-hydrogen) atoms. The standard InChI is InChI=1S/C18H19F6N3S/c1-10(8-16(2,3)25)26-15-27-14(9-28-15)6-11-4-12(17(19,20)21)7-13(5-11)18(22,23)24/h4-5,7,9H,1,6,8,25H2,2-3H3,(H,26,27). The van der Waals surface area contributed by atoms with Gasteiger partial charge in [-0.15, -0.1) is 11.3 Å². The molecule has 3 nitrogen and oxygen atoms in total. The molecule has 0 spiro atoms. The molecule has 0 aliphatic carbocycles. The first-order valence-corrected chi connectivity index (χ1v) is 8.98. The lowest BCUT2D eigenvalue weighted by Crippen LogP contribution is -2.33. The van der Waals surface area contributed by atoms with E-state index in [9.17, 15) is 26.3 Å². The number of nitrogens with zero attached hydrogens (tertiary/aromatic N) is 1. The number of hydrogen-bond donors (Lipinski definition) is 2. The molecular formula is C18H19F6N3S. The van der Waals surface area contributed by atoms with Gasteiger partial charge in [0.05, 0.1) is 16.8 Å². The van der Waals surface area contributed by atoms with Crippen LogP contribution in [0.2, 0.25) is 0 Å². The van der Waals surface area contributed by atoms with Gasteiger partial charge >= 0.3 is 12.4 Å². The van der Waals surface area contributed by atoms with E-state index in [0.717, 1.165) is 0 Å². The van der Waals surface area contributed by atoms with Crippen LogP contribution < -0.4 is 11.1 Å². The normalized spacial score (nSPS) is 12.9. The Morgan fingerprint density at radius 2 is 1.61 bits per heavy atom. The monoisotopic (exact) mass is 423 g/mol. The van der Waals surface area contributed by atoms with E-state index in [1.807, 2.05) is 13.8 Å². The molecule has 0 unspecified atom stereocenters. The SMILES string of the molecule is C=C(CC(C)(C)N)Nc1nc(Cc2cc(C(F)(F)F)cc(C(F)(F)F)c2)cs1. The largest absolute Gasteiger partial charge is 0.416 e. The van der Waals surface area contributed by atoms with Gasteiger partial charge in [-0.1, -0.05) is 6.58 Å². The van der Waals surface area contributed by atoms with Gasteiger partial charge < -0.3 is 11.1 Å². The van der Waals surface area contributed by atoms with Crippen LogP contribution in [-0.4, -0.2) is 10.5 Å². The van der Waals surface area contributed by atoms with Crippen molar-refractivity contribution in [1.29, 1.82) is 0 Å². The Labute approximate surface area is 162 Å². The Hall–Kier alpha value is -2.07. The minimum absolute atomic E-state index is 0.107. The first-order chi connectivity index (χ1) is 12.6. The number of rotatable bonds is 6. The highest BCUT2D eigenvalue weighted by Gasteiger charge is 2.36. The fourth-order valence-corrected chi connectivity index (χ4v) is 3.28. The van der Waals surface area contributed by atoms with Crippen LogP contribution in [0.1, 0.15) is 42.7 Å². The third-order valence-corrected chi connectivity index (χ3v) is 4.34. The number of alkyl halides is 6. The molecule has 2 aromatic rings. The summed E-state index contributed by atoms with van der Waals surface area (Å²) in [6, 6.07) is 1.52.